The zero-order valence-electron chi connectivity index (χ0n) is 24.8. The third kappa shape index (κ3) is 5.27. The van der Waals surface area contributed by atoms with Crippen LogP contribution in [0.2, 0.25) is 5.02 Å². The summed E-state index contributed by atoms with van der Waals surface area (Å²) in [6.45, 7) is 13.1. The maximum absolute atomic E-state index is 14.6. The molecule has 0 saturated carbocycles. The van der Waals surface area contributed by atoms with E-state index in [1.165, 1.54) is 6.92 Å². The molecule has 0 radical (unpaired) electrons. The van der Waals surface area contributed by atoms with Crippen LogP contribution in [0.4, 0.5) is 15.3 Å². The van der Waals surface area contributed by atoms with E-state index >= 15 is 0 Å². The summed E-state index contributed by atoms with van der Waals surface area (Å²) in [6, 6.07) is 2.73. The number of hydrogen-bond acceptors (Lipinski definition) is 10. The van der Waals surface area contributed by atoms with Crippen molar-refractivity contribution < 1.29 is 4.39 Å². The smallest absolute Gasteiger partial charge is 0.350 e. The van der Waals surface area contributed by atoms with Crippen molar-refractivity contribution in [2.75, 3.05) is 68.7 Å². The number of hydrogen-bond donors (Lipinski definition) is 2. The zero-order valence-corrected chi connectivity index (χ0v) is 27.2. The van der Waals surface area contributed by atoms with Crippen molar-refractivity contribution in [1.29, 1.82) is 0 Å². The Hall–Kier alpha value is -2.22. The van der Waals surface area contributed by atoms with Gasteiger partial charge in [-0.3, -0.25) is 9.47 Å². The molecule has 2 bridgehead atoms. The van der Waals surface area contributed by atoms with Crippen LogP contribution in [0.15, 0.2) is 15.8 Å². The fourth-order valence-corrected chi connectivity index (χ4v) is 9.83. The number of nitrogen functional groups attached to an aromatic ring is 1. The van der Waals surface area contributed by atoms with Crippen molar-refractivity contribution in [2.45, 2.75) is 56.6 Å². The van der Waals surface area contributed by atoms with Gasteiger partial charge >= 0.3 is 5.69 Å². The Morgan fingerprint density at radius 3 is 2.51 bits per heavy atom. The van der Waals surface area contributed by atoms with Crippen LogP contribution in [0.5, 0.6) is 0 Å². The molecule has 9 nitrogen and oxygen atoms in total. The molecule has 230 valence electrons. The van der Waals surface area contributed by atoms with Gasteiger partial charge < -0.3 is 20.9 Å². The highest BCUT2D eigenvalue weighted by molar-refractivity contribution is 7.99. The van der Waals surface area contributed by atoms with Gasteiger partial charge in [-0.2, -0.15) is 4.98 Å². The second-order valence-corrected chi connectivity index (χ2v) is 14.6. The molecule has 3 N–H and O–H groups in total. The molecular weight excluding hydrogens is 607 g/mol. The number of rotatable bonds is 5. The van der Waals surface area contributed by atoms with Crippen LogP contribution < -0.4 is 31.5 Å². The number of nitrogens with two attached hydrogens (primary N) is 1. The number of thiazole rings is 1. The highest BCUT2D eigenvalue weighted by Crippen LogP contribution is 2.45. The van der Waals surface area contributed by atoms with Gasteiger partial charge in [0, 0.05) is 79.5 Å². The molecule has 0 aliphatic carbocycles. The summed E-state index contributed by atoms with van der Waals surface area (Å²) in [5.74, 6) is 1.10. The van der Waals surface area contributed by atoms with Crippen molar-refractivity contribution in [2.24, 2.45) is 0 Å². The highest BCUT2D eigenvalue weighted by Gasteiger charge is 2.36. The molecular formula is C30H38ClFN8OS2. The molecule has 3 fully saturated rings. The Bertz CT molecular complexity index is 1750. The van der Waals surface area contributed by atoms with Gasteiger partial charge in [0.05, 0.1) is 26.5 Å². The van der Waals surface area contributed by atoms with E-state index < -0.39 is 0 Å². The molecule has 1 aromatic carbocycles. The molecule has 0 amide bonds. The molecule has 2 aromatic heterocycles. The minimum atomic E-state index is -0.332. The van der Waals surface area contributed by atoms with Crippen molar-refractivity contribution in [3.8, 4) is 0 Å². The van der Waals surface area contributed by atoms with Crippen molar-refractivity contribution in [3.63, 3.8) is 0 Å². The van der Waals surface area contributed by atoms with E-state index in [0.29, 0.717) is 37.9 Å². The van der Waals surface area contributed by atoms with Gasteiger partial charge in [-0.05, 0) is 44.9 Å². The normalized spacial score (nSPS) is 25.9. The molecule has 2 unspecified atom stereocenters. The average molecular weight is 645 g/mol. The molecule has 0 spiro atoms. The third-order valence-electron chi connectivity index (χ3n) is 9.47. The standard InChI is InChI=1S/C30H38ClFN8OS2/c1-4-37-7-9-38(10-8-37)14-20-15-42-27-23(16(2)24-26(17(3)32)43-29(33)35-24)22(31)11-21-25(27)40(20)30(41)36-28(21)39-12-18-5-6-19(13-39)34-18/h11,18-20,34H,4-10,12-15H2,1-3H3,(H2,33,35)/b24-16-,26-17-/t18?,19?,20-/m0/s1. The summed E-state index contributed by atoms with van der Waals surface area (Å²) < 4.78 is 16.9. The van der Waals surface area contributed by atoms with Gasteiger partial charge in [-0.1, -0.05) is 29.9 Å². The molecule has 3 aromatic rings. The lowest BCUT2D eigenvalue weighted by Gasteiger charge is -2.38. The molecule has 7 rings (SSSR count). The minimum Gasteiger partial charge on any atom is -0.375 e. The summed E-state index contributed by atoms with van der Waals surface area (Å²) in [7, 11) is 0. The topological polar surface area (TPSA) is 95.6 Å². The number of fused-ring (bicyclic) bond motifs is 2. The number of nitrogens with zero attached hydrogens (tertiary/aromatic N) is 6. The highest BCUT2D eigenvalue weighted by atomic mass is 35.5. The molecule has 3 atom stereocenters. The second kappa shape index (κ2) is 11.6. The summed E-state index contributed by atoms with van der Waals surface area (Å²) in [4.78, 5) is 31.5. The fraction of sp³-hybridized carbons (Fsp3) is 0.567. The van der Waals surface area contributed by atoms with E-state index in [4.69, 9.17) is 22.3 Å². The largest absolute Gasteiger partial charge is 0.375 e. The van der Waals surface area contributed by atoms with Crippen LogP contribution in [0.1, 0.15) is 45.2 Å². The van der Waals surface area contributed by atoms with E-state index in [0.717, 1.165) is 109 Å². The lowest BCUT2D eigenvalue weighted by atomic mass is 10.0. The van der Waals surface area contributed by atoms with Gasteiger partial charge in [0.2, 0.25) is 0 Å². The molecule has 43 heavy (non-hydrogen) atoms. The van der Waals surface area contributed by atoms with Gasteiger partial charge in [0.15, 0.2) is 5.13 Å². The lowest BCUT2D eigenvalue weighted by Crippen LogP contribution is -2.52. The Labute approximate surface area is 263 Å². The lowest BCUT2D eigenvalue weighted by molar-refractivity contribution is 0.125. The van der Waals surface area contributed by atoms with E-state index in [1.54, 1.807) is 11.8 Å². The molecule has 4 aliphatic rings. The number of thioether (sulfide) groups is 1. The number of likely N-dealkylation sites (N-methyl/N-ethyl adjacent to an activating group) is 1. The predicted octanol–water partition coefficient (Wildman–Crippen LogP) is 2.63. The van der Waals surface area contributed by atoms with E-state index in [2.05, 4.69) is 31.9 Å². The monoisotopic (exact) mass is 644 g/mol. The summed E-state index contributed by atoms with van der Waals surface area (Å²) in [6.07, 6.45) is 2.27. The van der Waals surface area contributed by atoms with Crippen LogP contribution in [0, 0.1) is 0 Å². The minimum absolute atomic E-state index is 0.0253. The molecule has 4 aliphatic heterocycles. The maximum atomic E-state index is 14.6. The SMILES string of the molecule is CCN1CCN(C[C@H]2CSc3c(/C(C)=c4\nc(N)s\c4=C(\C)F)c(Cl)cc4c(N5CC6CCC(C5)N6)nc(=O)n2c34)CC1. The summed E-state index contributed by atoms with van der Waals surface area (Å²) in [5.41, 5.74) is 8.24. The van der Waals surface area contributed by atoms with Crippen LogP contribution in [-0.4, -0.2) is 94.5 Å². The number of benzene rings is 1. The van der Waals surface area contributed by atoms with Crippen molar-refractivity contribution in [1.82, 2.24) is 29.7 Å². The number of halogens is 2. The Balaban J connectivity index is 1.42. The first-order valence-electron chi connectivity index (χ1n) is 15.2. The fourth-order valence-electron chi connectivity index (χ4n) is 7.28. The van der Waals surface area contributed by atoms with Crippen LogP contribution >= 0.6 is 34.7 Å². The first kappa shape index (κ1) is 29.5. The van der Waals surface area contributed by atoms with Crippen molar-refractivity contribution in [3.05, 3.63) is 37.0 Å². The average Bonchev–Trinajstić information content (AvgIpc) is 3.56. The van der Waals surface area contributed by atoms with E-state index in [-0.39, 0.29) is 17.6 Å². The van der Waals surface area contributed by atoms with Gasteiger partial charge in [-0.25, -0.2) is 14.2 Å². The first-order valence-corrected chi connectivity index (χ1v) is 17.4. The Kier molecular flexibility index (Phi) is 7.96. The Morgan fingerprint density at radius 2 is 1.84 bits per heavy atom. The maximum Gasteiger partial charge on any atom is 0.350 e. The van der Waals surface area contributed by atoms with Gasteiger partial charge in [0.1, 0.15) is 11.6 Å². The van der Waals surface area contributed by atoms with Crippen LogP contribution in [0.3, 0.4) is 0 Å². The number of piperazine rings is 2. The number of nitrogens with one attached hydrogen (secondary N) is 1. The van der Waals surface area contributed by atoms with Gasteiger partial charge in [0.25, 0.3) is 0 Å². The van der Waals surface area contributed by atoms with E-state index in [1.807, 2.05) is 17.6 Å². The second-order valence-electron chi connectivity index (χ2n) is 12.2. The van der Waals surface area contributed by atoms with Gasteiger partial charge in [-0.15, -0.1) is 11.8 Å². The van der Waals surface area contributed by atoms with Crippen molar-refractivity contribution >= 4 is 68.0 Å². The molecule has 3 saturated heterocycles. The van der Waals surface area contributed by atoms with E-state index in [9.17, 15) is 9.18 Å². The number of aromatic nitrogens is 3. The predicted molar refractivity (Wildman–Crippen MR) is 176 cm³/mol. The Morgan fingerprint density at radius 1 is 1.14 bits per heavy atom. The summed E-state index contributed by atoms with van der Waals surface area (Å²) >= 11 is 10.0. The first-order chi connectivity index (χ1) is 20.7. The molecule has 6 heterocycles. The third-order valence-corrected chi connectivity index (χ3v) is 12.0. The molecule has 13 heteroatoms. The quantitative estimate of drug-likeness (QED) is 0.435. The summed E-state index contributed by atoms with van der Waals surface area (Å²) in [5, 5.41) is 5.93. The zero-order chi connectivity index (χ0) is 30.0. The van der Waals surface area contributed by atoms with Crippen LogP contribution in [-0.2, 0) is 0 Å². The van der Waals surface area contributed by atoms with Crippen LogP contribution in [0.25, 0.3) is 22.3 Å². The number of anilines is 2.